The van der Waals surface area contributed by atoms with Crippen LogP contribution in [0, 0.1) is 13.8 Å². The summed E-state index contributed by atoms with van der Waals surface area (Å²) in [6, 6.07) is 13.6. The van der Waals surface area contributed by atoms with Crippen LogP contribution in [-0.2, 0) is 6.54 Å². The van der Waals surface area contributed by atoms with Crippen molar-refractivity contribution < 1.29 is 9.53 Å². The molecule has 0 saturated carbocycles. The molecular weight excluding hydrogens is 326 g/mol. The zero-order chi connectivity index (χ0) is 18.7. The molecule has 0 radical (unpaired) electrons. The maximum Gasteiger partial charge on any atom is 0.275 e. The SMILES string of the molecule is CCn1c(C)cc(/C=N\NC(=O)c2cc3ccccc3cc2OC)c1C. The fourth-order valence-electron chi connectivity index (χ4n) is 3.23. The topological polar surface area (TPSA) is 55.6 Å². The molecule has 5 nitrogen and oxygen atoms in total. The van der Waals surface area contributed by atoms with Crippen LogP contribution in [0.4, 0.5) is 0 Å². The third-order valence-corrected chi connectivity index (χ3v) is 4.61. The van der Waals surface area contributed by atoms with Crippen molar-refractivity contribution in [2.45, 2.75) is 27.3 Å². The number of hydrogen-bond donors (Lipinski definition) is 1. The largest absolute Gasteiger partial charge is 0.496 e. The molecule has 0 bridgehead atoms. The Labute approximate surface area is 153 Å². The summed E-state index contributed by atoms with van der Waals surface area (Å²) in [6.45, 7) is 7.12. The molecule has 134 valence electrons. The molecule has 0 fully saturated rings. The van der Waals surface area contributed by atoms with E-state index >= 15 is 0 Å². The number of aromatic nitrogens is 1. The normalized spacial score (nSPS) is 11.2. The molecule has 3 rings (SSSR count). The summed E-state index contributed by atoms with van der Waals surface area (Å²) in [7, 11) is 1.56. The Balaban J connectivity index is 1.83. The third-order valence-electron chi connectivity index (χ3n) is 4.61. The molecule has 0 saturated heterocycles. The van der Waals surface area contributed by atoms with Crippen molar-refractivity contribution in [3.63, 3.8) is 0 Å². The van der Waals surface area contributed by atoms with Gasteiger partial charge in [-0.15, -0.1) is 0 Å². The lowest BCUT2D eigenvalue weighted by Crippen LogP contribution is -2.18. The van der Waals surface area contributed by atoms with Gasteiger partial charge in [0.2, 0.25) is 0 Å². The molecular formula is C21H23N3O2. The highest BCUT2D eigenvalue weighted by Crippen LogP contribution is 2.25. The fraction of sp³-hybridized carbons (Fsp3) is 0.238. The van der Waals surface area contributed by atoms with Crippen molar-refractivity contribution >= 4 is 22.9 Å². The predicted molar refractivity (Wildman–Crippen MR) is 105 cm³/mol. The van der Waals surface area contributed by atoms with E-state index in [0.29, 0.717) is 11.3 Å². The first-order valence-corrected chi connectivity index (χ1v) is 8.62. The van der Waals surface area contributed by atoms with Gasteiger partial charge < -0.3 is 9.30 Å². The second-order valence-electron chi connectivity index (χ2n) is 6.17. The number of carbonyl (C=O) groups excluding carboxylic acids is 1. The van der Waals surface area contributed by atoms with Crippen molar-refractivity contribution in [2.75, 3.05) is 7.11 Å². The van der Waals surface area contributed by atoms with E-state index in [9.17, 15) is 4.79 Å². The van der Waals surface area contributed by atoms with Gasteiger partial charge in [0, 0.05) is 23.5 Å². The average molecular weight is 349 g/mol. The number of carbonyl (C=O) groups is 1. The number of hydrazone groups is 1. The highest BCUT2D eigenvalue weighted by Gasteiger charge is 2.13. The lowest BCUT2D eigenvalue weighted by atomic mass is 10.1. The number of nitrogens with zero attached hydrogens (tertiary/aromatic N) is 2. The molecule has 1 N–H and O–H groups in total. The van der Waals surface area contributed by atoms with Crippen molar-refractivity contribution in [1.82, 2.24) is 9.99 Å². The van der Waals surface area contributed by atoms with E-state index in [1.807, 2.05) is 43.3 Å². The lowest BCUT2D eigenvalue weighted by molar-refractivity contribution is 0.0952. The molecule has 0 aliphatic carbocycles. The summed E-state index contributed by atoms with van der Waals surface area (Å²) in [5, 5.41) is 6.13. The molecule has 1 heterocycles. The third kappa shape index (κ3) is 3.33. The van der Waals surface area contributed by atoms with Crippen LogP contribution < -0.4 is 10.2 Å². The Kier molecular flexibility index (Phi) is 5.07. The zero-order valence-corrected chi connectivity index (χ0v) is 15.5. The second-order valence-corrected chi connectivity index (χ2v) is 6.17. The average Bonchev–Trinajstić information content (AvgIpc) is 2.93. The van der Waals surface area contributed by atoms with E-state index in [1.54, 1.807) is 13.3 Å². The molecule has 0 atom stereocenters. The summed E-state index contributed by atoms with van der Waals surface area (Å²) >= 11 is 0. The van der Waals surface area contributed by atoms with Gasteiger partial charge in [-0.1, -0.05) is 24.3 Å². The number of hydrogen-bond acceptors (Lipinski definition) is 3. The minimum Gasteiger partial charge on any atom is -0.496 e. The van der Waals surface area contributed by atoms with Gasteiger partial charge in [0.1, 0.15) is 5.75 Å². The van der Waals surface area contributed by atoms with E-state index in [-0.39, 0.29) is 5.91 Å². The van der Waals surface area contributed by atoms with Crippen molar-refractivity contribution in [3.8, 4) is 5.75 Å². The van der Waals surface area contributed by atoms with Crippen molar-refractivity contribution in [1.29, 1.82) is 0 Å². The summed E-state index contributed by atoms with van der Waals surface area (Å²) < 4.78 is 7.58. The van der Waals surface area contributed by atoms with Crippen LogP contribution in [0.25, 0.3) is 10.8 Å². The monoisotopic (exact) mass is 349 g/mol. The summed E-state index contributed by atoms with van der Waals surface area (Å²) in [6.07, 6.45) is 1.68. The lowest BCUT2D eigenvalue weighted by Gasteiger charge is -2.09. The van der Waals surface area contributed by atoms with Gasteiger partial charge in [0.05, 0.1) is 18.9 Å². The van der Waals surface area contributed by atoms with Crippen LogP contribution in [0.3, 0.4) is 0 Å². The number of methoxy groups -OCH3 is 1. The Morgan fingerprint density at radius 3 is 2.50 bits per heavy atom. The predicted octanol–water partition coefficient (Wildman–Crippen LogP) is 4.05. The van der Waals surface area contributed by atoms with Gasteiger partial charge in [0.15, 0.2) is 0 Å². The van der Waals surface area contributed by atoms with Crippen LogP contribution in [0.1, 0.15) is 34.2 Å². The molecule has 0 spiro atoms. The van der Waals surface area contributed by atoms with Crippen LogP contribution in [0.15, 0.2) is 47.6 Å². The number of nitrogens with one attached hydrogen (secondary N) is 1. The first-order valence-electron chi connectivity index (χ1n) is 8.62. The molecule has 1 aromatic heterocycles. The standard InChI is InChI=1S/C21H23N3O2/c1-5-24-14(2)10-18(15(24)3)13-22-23-21(25)19-11-16-8-6-7-9-17(16)12-20(19)26-4/h6-13H,5H2,1-4H3,(H,23,25)/b22-13-. The number of ether oxygens (including phenoxy) is 1. The van der Waals surface area contributed by atoms with Gasteiger partial charge in [-0.25, -0.2) is 5.43 Å². The van der Waals surface area contributed by atoms with Gasteiger partial charge in [0.25, 0.3) is 5.91 Å². The maximum atomic E-state index is 12.6. The van der Waals surface area contributed by atoms with Crippen molar-refractivity contribution in [2.24, 2.45) is 5.10 Å². The fourth-order valence-corrected chi connectivity index (χ4v) is 3.23. The van der Waals surface area contributed by atoms with E-state index in [4.69, 9.17) is 4.74 Å². The first kappa shape index (κ1) is 17.7. The van der Waals surface area contributed by atoms with E-state index in [0.717, 1.165) is 28.6 Å². The van der Waals surface area contributed by atoms with Gasteiger partial charge in [-0.05, 0) is 49.7 Å². The first-order chi connectivity index (χ1) is 12.5. The van der Waals surface area contributed by atoms with Crippen LogP contribution in [0.2, 0.25) is 0 Å². The van der Waals surface area contributed by atoms with Crippen LogP contribution in [0.5, 0.6) is 5.75 Å². The molecule has 5 heteroatoms. The van der Waals surface area contributed by atoms with Gasteiger partial charge in [-0.2, -0.15) is 5.10 Å². The molecule has 1 amide bonds. The Morgan fingerprint density at radius 2 is 1.88 bits per heavy atom. The number of rotatable bonds is 5. The van der Waals surface area contributed by atoms with Crippen LogP contribution >= 0.6 is 0 Å². The number of aryl methyl sites for hydroxylation is 1. The molecule has 0 unspecified atom stereocenters. The smallest absolute Gasteiger partial charge is 0.275 e. The van der Waals surface area contributed by atoms with Crippen molar-refractivity contribution in [3.05, 3.63) is 65.0 Å². The minimum absolute atomic E-state index is 0.298. The van der Waals surface area contributed by atoms with Gasteiger partial charge in [-0.3, -0.25) is 4.79 Å². The molecule has 0 aliphatic heterocycles. The minimum atomic E-state index is -0.298. The highest BCUT2D eigenvalue weighted by atomic mass is 16.5. The van der Waals surface area contributed by atoms with E-state index in [1.165, 1.54) is 5.69 Å². The zero-order valence-electron chi connectivity index (χ0n) is 15.5. The molecule has 3 aromatic rings. The second kappa shape index (κ2) is 7.44. The Bertz CT molecular complexity index is 986. The number of benzene rings is 2. The summed E-state index contributed by atoms with van der Waals surface area (Å²) in [5.74, 6) is 0.230. The highest BCUT2D eigenvalue weighted by molar-refractivity contribution is 6.02. The van der Waals surface area contributed by atoms with Gasteiger partial charge >= 0.3 is 0 Å². The maximum absolute atomic E-state index is 12.6. The number of amides is 1. The quantitative estimate of drug-likeness (QED) is 0.558. The summed E-state index contributed by atoms with van der Waals surface area (Å²) in [4.78, 5) is 12.6. The molecule has 26 heavy (non-hydrogen) atoms. The van der Waals surface area contributed by atoms with Crippen LogP contribution in [-0.4, -0.2) is 23.8 Å². The van der Waals surface area contributed by atoms with E-state index < -0.39 is 0 Å². The Hall–Kier alpha value is -3.08. The molecule has 0 aliphatic rings. The Morgan fingerprint density at radius 1 is 1.19 bits per heavy atom. The number of fused-ring (bicyclic) bond motifs is 1. The van der Waals surface area contributed by atoms with E-state index in [2.05, 4.69) is 35.0 Å². The molecule has 2 aromatic carbocycles. The summed E-state index contributed by atoms with van der Waals surface area (Å²) in [5.41, 5.74) is 6.36.